The number of hydrogen-bond acceptors (Lipinski definition) is 3. The Morgan fingerprint density at radius 3 is 2.35 bits per heavy atom. The van der Waals surface area contributed by atoms with Crippen LogP contribution in [0.2, 0.25) is 0 Å². The maximum Gasteiger partial charge on any atom is 0.131 e. The molecule has 0 aliphatic rings. The first-order valence-electron chi connectivity index (χ1n) is 6.59. The monoisotopic (exact) mass is 266 g/mol. The maximum atomic E-state index is 8.80. The molecular formula is C17H18N2O. The van der Waals surface area contributed by atoms with Crippen LogP contribution in [0, 0.1) is 18.3 Å². The van der Waals surface area contributed by atoms with Crippen molar-refractivity contribution < 1.29 is 4.74 Å². The fourth-order valence-electron chi connectivity index (χ4n) is 1.98. The molecule has 0 amide bonds. The average Bonchev–Trinajstić information content (AvgIpc) is 2.43. The third-order valence-corrected chi connectivity index (χ3v) is 3.23. The summed E-state index contributed by atoms with van der Waals surface area (Å²) in [6.07, 6.45) is 0. The van der Waals surface area contributed by atoms with Crippen LogP contribution in [0.25, 0.3) is 0 Å². The van der Waals surface area contributed by atoms with Crippen LogP contribution in [0.5, 0.6) is 11.5 Å². The molecule has 0 spiro atoms. The number of benzene rings is 2. The van der Waals surface area contributed by atoms with Gasteiger partial charge in [-0.1, -0.05) is 13.8 Å². The van der Waals surface area contributed by atoms with Gasteiger partial charge in [-0.25, -0.2) is 0 Å². The third-order valence-electron chi connectivity index (χ3n) is 3.23. The van der Waals surface area contributed by atoms with Crippen LogP contribution < -0.4 is 10.5 Å². The van der Waals surface area contributed by atoms with Crippen molar-refractivity contribution in [2.24, 2.45) is 0 Å². The summed E-state index contributed by atoms with van der Waals surface area (Å²) in [7, 11) is 0. The van der Waals surface area contributed by atoms with Gasteiger partial charge in [-0.05, 0) is 60.4 Å². The Morgan fingerprint density at radius 2 is 1.80 bits per heavy atom. The molecule has 0 radical (unpaired) electrons. The minimum absolute atomic E-state index is 0.325. The smallest absolute Gasteiger partial charge is 0.131 e. The number of aryl methyl sites for hydroxylation is 1. The van der Waals surface area contributed by atoms with Crippen molar-refractivity contribution in [1.82, 2.24) is 0 Å². The fraction of sp³-hybridized carbons (Fsp3) is 0.235. The van der Waals surface area contributed by atoms with Gasteiger partial charge in [0.15, 0.2) is 0 Å². The second-order valence-electron chi connectivity index (χ2n) is 5.14. The lowest BCUT2D eigenvalue weighted by atomic mass is 9.99. The van der Waals surface area contributed by atoms with Crippen molar-refractivity contribution in [3.63, 3.8) is 0 Å². The van der Waals surface area contributed by atoms with Crippen molar-refractivity contribution >= 4 is 5.69 Å². The lowest BCUT2D eigenvalue weighted by Gasteiger charge is -2.16. The summed E-state index contributed by atoms with van der Waals surface area (Å²) in [5.74, 6) is 1.86. The van der Waals surface area contributed by atoms with Gasteiger partial charge in [0.05, 0.1) is 11.6 Å². The first-order chi connectivity index (χ1) is 9.51. The summed E-state index contributed by atoms with van der Waals surface area (Å²) in [6, 6.07) is 13.1. The molecule has 3 heteroatoms. The Morgan fingerprint density at radius 1 is 1.15 bits per heavy atom. The number of anilines is 1. The number of nitriles is 1. The predicted molar refractivity (Wildman–Crippen MR) is 80.9 cm³/mol. The topological polar surface area (TPSA) is 59.0 Å². The average molecular weight is 266 g/mol. The fourth-order valence-corrected chi connectivity index (χ4v) is 1.98. The van der Waals surface area contributed by atoms with Gasteiger partial charge in [-0.2, -0.15) is 5.26 Å². The van der Waals surface area contributed by atoms with Crippen molar-refractivity contribution in [3.8, 4) is 17.6 Å². The van der Waals surface area contributed by atoms with Gasteiger partial charge < -0.3 is 10.5 Å². The van der Waals surface area contributed by atoms with Crippen LogP contribution in [0.4, 0.5) is 5.69 Å². The van der Waals surface area contributed by atoms with Crippen LogP contribution in [0.15, 0.2) is 36.4 Å². The van der Waals surface area contributed by atoms with Crippen LogP contribution in [0.1, 0.15) is 36.5 Å². The van der Waals surface area contributed by atoms with Gasteiger partial charge in [-0.3, -0.25) is 0 Å². The quantitative estimate of drug-likeness (QED) is 0.839. The summed E-state index contributed by atoms with van der Waals surface area (Å²) in [6.45, 7) is 6.18. The second kappa shape index (κ2) is 5.66. The van der Waals surface area contributed by atoms with Crippen molar-refractivity contribution in [3.05, 3.63) is 53.1 Å². The van der Waals surface area contributed by atoms with E-state index in [1.807, 2.05) is 19.1 Å². The highest BCUT2D eigenvalue weighted by atomic mass is 16.5. The van der Waals surface area contributed by atoms with Crippen LogP contribution in [-0.2, 0) is 0 Å². The molecule has 0 saturated carbocycles. The molecule has 0 aliphatic carbocycles. The van der Waals surface area contributed by atoms with Gasteiger partial charge in [0.1, 0.15) is 11.5 Å². The number of ether oxygens (including phenoxy) is 1. The molecule has 0 aromatic heterocycles. The highest BCUT2D eigenvalue weighted by Gasteiger charge is 2.11. The maximum absolute atomic E-state index is 8.80. The normalized spacial score (nSPS) is 10.3. The molecule has 0 saturated heterocycles. The Balaban J connectivity index is 2.36. The highest BCUT2D eigenvalue weighted by molar-refractivity contribution is 5.56. The summed E-state index contributed by atoms with van der Waals surface area (Å²) >= 11 is 0. The highest BCUT2D eigenvalue weighted by Crippen LogP contribution is 2.34. The molecule has 102 valence electrons. The minimum atomic E-state index is 0.325. The molecule has 20 heavy (non-hydrogen) atoms. The van der Waals surface area contributed by atoms with Crippen molar-refractivity contribution in [1.29, 1.82) is 5.26 Å². The molecule has 2 aromatic carbocycles. The largest absolute Gasteiger partial charge is 0.457 e. The SMILES string of the molecule is Cc1cc(Oc2ccc(C#N)cc2)c(C(C)C)cc1N. The van der Waals surface area contributed by atoms with E-state index < -0.39 is 0 Å². The van der Waals surface area contributed by atoms with E-state index in [1.165, 1.54) is 0 Å². The van der Waals surface area contributed by atoms with Gasteiger partial charge in [0.2, 0.25) is 0 Å². The van der Waals surface area contributed by atoms with Crippen LogP contribution in [-0.4, -0.2) is 0 Å². The molecule has 0 bridgehead atoms. The van der Waals surface area contributed by atoms with Crippen molar-refractivity contribution in [2.45, 2.75) is 26.7 Å². The van der Waals surface area contributed by atoms with Gasteiger partial charge >= 0.3 is 0 Å². The summed E-state index contributed by atoms with van der Waals surface area (Å²) in [5.41, 5.74) is 9.45. The van der Waals surface area contributed by atoms with Crippen LogP contribution >= 0.6 is 0 Å². The molecule has 2 aromatic rings. The molecular weight excluding hydrogens is 248 g/mol. The standard InChI is InChI=1S/C17H18N2O/c1-11(2)15-9-16(19)12(3)8-17(15)20-14-6-4-13(10-18)5-7-14/h4-9,11H,19H2,1-3H3. The molecule has 0 heterocycles. The molecule has 0 aliphatic heterocycles. The summed E-state index contributed by atoms with van der Waals surface area (Å²) < 4.78 is 5.94. The molecule has 2 rings (SSSR count). The summed E-state index contributed by atoms with van der Waals surface area (Å²) in [4.78, 5) is 0. The van der Waals surface area contributed by atoms with E-state index >= 15 is 0 Å². The second-order valence-corrected chi connectivity index (χ2v) is 5.14. The van der Waals surface area contributed by atoms with E-state index in [0.717, 1.165) is 28.3 Å². The Bertz CT molecular complexity index is 652. The van der Waals surface area contributed by atoms with Gasteiger partial charge in [0, 0.05) is 5.69 Å². The lowest BCUT2D eigenvalue weighted by Crippen LogP contribution is -1.98. The van der Waals surface area contributed by atoms with E-state index in [9.17, 15) is 0 Å². The Hall–Kier alpha value is -2.47. The van der Waals surface area contributed by atoms with Crippen LogP contribution in [0.3, 0.4) is 0 Å². The number of nitrogens with zero attached hydrogens (tertiary/aromatic N) is 1. The zero-order valence-corrected chi connectivity index (χ0v) is 12.0. The third kappa shape index (κ3) is 2.92. The molecule has 0 unspecified atom stereocenters. The number of nitrogens with two attached hydrogens (primary N) is 1. The Kier molecular flexibility index (Phi) is 3.95. The number of rotatable bonds is 3. The summed E-state index contributed by atoms with van der Waals surface area (Å²) in [5, 5.41) is 8.80. The molecule has 3 nitrogen and oxygen atoms in total. The lowest BCUT2D eigenvalue weighted by molar-refractivity contribution is 0.473. The van der Waals surface area contributed by atoms with E-state index in [-0.39, 0.29) is 0 Å². The van der Waals surface area contributed by atoms with Gasteiger partial charge in [0.25, 0.3) is 0 Å². The van der Waals surface area contributed by atoms with Gasteiger partial charge in [-0.15, -0.1) is 0 Å². The number of nitrogen functional groups attached to an aromatic ring is 1. The van der Waals surface area contributed by atoms with E-state index in [4.69, 9.17) is 15.7 Å². The first kappa shape index (κ1) is 14.0. The zero-order valence-electron chi connectivity index (χ0n) is 12.0. The first-order valence-corrected chi connectivity index (χ1v) is 6.59. The van der Waals surface area contributed by atoms with E-state index in [0.29, 0.717) is 11.5 Å². The van der Waals surface area contributed by atoms with Crippen molar-refractivity contribution in [2.75, 3.05) is 5.73 Å². The minimum Gasteiger partial charge on any atom is -0.457 e. The van der Waals surface area contributed by atoms with E-state index in [1.54, 1.807) is 24.3 Å². The molecule has 0 atom stereocenters. The zero-order chi connectivity index (χ0) is 14.7. The Labute approximate surface area is 119 Å². The number of hydrogen-bond donors (Lipinski definition) is 1. The van der Waals surface area contributed by atoms with E-state index in [2.05, 4.69) is 19.9 Å². The molecule has 2 N–H and O–H groups in total. The molecule has 0 fully saturated rings. The predicted octanol–water partition coefficient (Wildman–Crippen LogP) is 4.36.